The van der Waals surface area contributed by atoms with Gasteiger partial charge in [-0.1, -0.05) is 18.2 Å². The summed E-state index contributed by atoms with van der Waals surface area (Å²) in [4.78, 5) is 19.1. The van der Waals surface area contributed by atoms with Crippen molar-refractivity contribution in [2.45, 2.75) is 26.1 Å². The number of hydrogen-bond donors (Lipinski definition) is 2. The number of amides is 1. The average Bonchev–Trinajstić information content (AvgIpc) is 3.13. The van der Waals surface area contributed by atoms with Gasteiger partial charge in [-0.2, -0.15) is 0 Å². The van der Waals surface area contributed by atoms with E-state index in [0.717, 1.165) is 22.3 Å². The fourth-order valence-corrected chi connectivity index (χ4v) is 3.41. The molecular weight excluding hydrogens is 357 g/mol. The highest BCUT2D eigenvalue weighted by Gasteiger charge is 2.24. The summed E-state index contributed by atoms with van der Waals surface area (Å²) in [6, 6.07) is 15.3. The van der Waals surface area contributed by atoms with E-state index >= 15 is 0 Å². The number of aromatic nitrogens is 1. The van der Waals surface area contributed by atoms with Crippen LogP contribution < -0.4 is 5.73 Å². The molecule has 6 heteroatoms. The van der Waals surface area contributed by atoms with Gasteiger partial charge in [-0.05, 0) is 53.1 Å². The molecule has 2 heterocycles. The van der Waals surface area contributed by atoms with E-state index in [2.05, 4.69) is 4.98 Å². The Bertz CT molecular complexity index is 1030. The van der Waals surface area contributed by atoms with Gasteiger partial charge in [-0.3, -0.25) is 9.78 Å². The second-order valence-electron chi connectivity index (χ2n) is 6.93. The highest BCUT2D eigenvalue weighted by atomic mass is 19.1. The van der Waals surface area contributed by atoms with Gasteiger partial charge in [-0.15, -0.1) is 0 Å². The summed E-state index contributed by atoms with van der Waals surface area (Å²) < 4.78 is 13.1. The molecule has 1 amide bonds. The molecule has 0 fully saturated rings. The third-order valence-electron chi connectivity index (χ3n) is 5.00. The van der Waals surface area contributed by atoms with Crippen LogP contribution >= 0.6 is 0 Å². The molecule has 1 aliphatic rings. The third kappa shape index (κ3) is 3.59. The van der Waals surface area contributed by atoms with Crippen molar-refractivity contribution in [3.63, 3.8) is 0 Å². The van der Waals surface area contributed by atoms with Crippen LogP contribution in [0.5, 0.6) is 0 Å². The van der Waals surface area contributed by atoms with E-state index < -0.39 is 0 Å². The average molecular weight is 377 g/mol. The molecule has 0 atom stereocenters. The zero-order chi connectivity index (χ0) is 19.7. The number of pyridine rings is 1. The highest BCUT2D eigenvalue weighted by molar-refractivity contribution is 5.81. The second-order valence-corrected chi connectivity index (χ2v) is 6.93. The topological polar surface area (TPSA) is 79.5 Å². The second kappa shape index (κ2) is 7.40. The predicted octanol–water partition coefficient (Wildman–Crippen LogP) is 3.05. The van der Waals surface area contributed by atoms with Crippen LogP contribution in [0.3, 0.4) is 0 Å². The summed E-state index contributed by atoms with van der Waals surface area (Å²) in [5, 5.41) is 9.28. The summed E-state index contributed by atoms with van der Waals surface area (Å²) in [7, 11) is 0. The van der Waals surface area contributed by atoms with Gasteiger partial charge in [-0.25, -0.2) is 4.39 Å². The van der Waals surface area contributed by atoms with Gasteiger partial charge in [0.25, 0.3) is 0 Å². The van der Waals surface area contributed by atoms with Crippen LogP contribution in [0.1, 0.15) is 22.4 Å². The highest BCUT2D eigenvalue weighted by Crippen LogP contribution is 2.26. The first-order chi connectivity index (χ1) is 13.5. The lowest BCUT2D eigenvalue weighted by atomic mass is 10.1. The number of aliphatic hydroxyl groups is 1. The molecule has 1 aliphatic heterocycles. The number of carbonyl (C=O) groups excluding carboxylic acids is 1. The zero-order valence-corrected chi connectivity index (χ0v) is 15.2. The first kappa shape index (κ1) is 18.1. The molecule has 4 rings (SSSR count). The molecule has 2 aromatic carbocycles. The molecule has 28 heavy (non-hydrogen) atoms. The number of halogens is 1. The van der Waals surface area contributed by atoms with E-state index in [1.54, 1.807) is 29.2 Å². The fraction of sp³-hybridized carbons (Fsp3) is 0.182. The van der Waals surface area contributed by atoms with Crippen molar-refractivity contribution >= 4 is 11.6 Å². The Morgan fingerprint density at radius 1 is 1.07 bits per heavy atom. The first-order valence-electron chi connectivity index (χ1n) is 9.04. The molecule has 0 saturated heterocycles. The van der Waals surface area contributed by atoms with Crippen LogP contribution in [-0.2, 0) is 30.9 Å². The minimum atomic E-state index is -0.312. The zero-order valence-electron chi connectivity index (χ0n) is 15.2. The molecule has 0 bridgehead atoms. The lowest BCUT2D eigenvalue weighted by Gasteiger charge is -2.16. The van der Waals surface area contributed by atoms with Crippen LogP contribution in [0.25, 0.3) is 11.3 Å². The molecule has 142 valence electrons. The quantitative estimate of drug-likeness (QED) is 0.732. The molecule has 3 aromatic rings. The number of nitrogens with zero attached hydrogens (tertiary/aromatic N) is 2. The molecule has 5 nitrogen and oxygen atoms in total. The van der Waals surface area contributed by atoms with Crippen LogP contribution in [-0.4, -0.2) is 20.9 Å². The molecule has 0 aliphatic carbocycles. The third-order valence-corrected chi connectivity index (χ3v) is 5.00. The van der Waals surface area contributed by atoms with Gasteiger partial charge in [0.15, 0.2) is 0 Å². The van der Waals surface area contributed by atoms with Crippen LogP contribution in [0.4, 0.5) is 10.1 Å². The van der Waals surface area contributed by atoms with Gasteiger partial charge >= 0.3 is 0 Å². The van der Waals surface area contributed by atoms with Crippen molar-refractivity contribution in [2.75, 3.05) is 5.73 Å². The predicted molar refractivity (Wildman–Crippen MR) is 104 cm³/mol. The largest absolute Gasteiger partial charge is 0.397 e. The van der Waals surface area contributed by atoms with Crippen molar-refractivity contribution in [3.8, 4) is 11.3 Å². The normalized spacial score (nSPS) is 12.9. The Morgan fingerprint density at radius 3 is 2.57 bits per heavy atom. The number of anilines is 1. The maximum absolute atomic E-state index is 13.1. The monoisotopic (exact) mass is 377 g/mol. The van der Waals surface area contributed by atoms with Crippen molar-refractivity contribution in [1.82, 2.24) is 9.88 Å². The maximum Gasteiger partial charge on any atom is 0.229 e. The Labute approximate surface area is 162 Å². The van der Waals surface area contributed by atoms with Crippen molar-refractivity contribution in [1.29, 1.82) is 0 Å². The van der Waals surface area contributed by atoms with Gasteiger partial charge in [0.05, 0.1) is 30.1 Å². The number of carbonyl (C=O) groups is 1. The Balaban J connectivity index is 1.52. The lowest BCUT2D eigenvalue weighted by Crippen LogP contribution is -2.27. The smallest absolute Gasteiger partial charge is 0.229 e. The van der Waals surface area contributed by atoms with Crippen molar-refractivity contribution < 1.29 is 14.3 Å². The molecule has 3 N–H and O–H groups in total. The van der Waals surface area contributed by atoms with Gasteiger partial charge in [0.1, 0.15) is 5.82 Å². The molecule has 1 aromatic heterocycles. The Hall–Kier alpha value is -3.25. The number of rotatable bonds is 4. The van der Waals surface area contributed by atoms with Gasteiger partial charge in [0.2, 0.25) is 5.91 Å². The van der Waals surface area contributed by atoms with E-state index in [1.165, 1.54) is 12.1 Å². The minimum absolute atomic E-state index is 0.0160. The van der Waals surface area contributed by atoms with E-state index in [9.17, 15) is 14.3 Å². The number of benzene rings is 2. The number of nitrogens with two attached hydrogens (primary N) is 1. The Morgan fingerprint density at radius 2 is 1.82 bits per heavy atom. The van der Waals surface area contributed by atoms with Gasteiger partial charge in [0, 0.05) is 18.7 Å². The Kier molecular flexibility index (Phi) is 4.79. The van der Waals surface area contributed by atoms with Crippen LogP contribution in [0.15, 0.2) is 54.6 Å². The minimum Gasteiger partial charge on any atom is -0.397 e. The van der Waals surface area contributed by atoms with E-state index in [-0.39, 0.29) is 24.8 Å². The summed E-state index contributed by atoms with van der Waals surface area (Å²) in [6.45, 7) is 1.04. The fourth-order valence-electron chi connectivity index (χ4n) is 3.41. The number of aliphatic hydroxyl groups excluding tert-OH is 1. The molecule has 0 unspecified atom stereocenters. The summed E-state index contributed by atoms with van der Waals surface area (Å²) in [5.41, 5.74) is 11.4. The van der Waals surface area contributed by atoms with E-state index in [0.29, 0.717) is 30.2 Å². The summed E-state index contributed by atoms with van der Waals surface area (Å²) >= 11 is 0. The van der Waals surface area contributed by atoms with Gasteiger partial charge < -0.3 is 15.7 Å². The molecular formula is C22H20FN3O2. The summed E-state index contributed by atoms with van der Waals surface area (Å²) in [6.07, 6.45) is 0.0989. The maximum atomic E-state index is 13.1. The number of hydrogen-bond acceptors (Lipinski definition) is 4. The SMILES string of the molecule is Nc1ccc(-c2ccc(F)cc2)nc1CC(=O)N1Cc2ccc(CO)cc2C1. The standard InChI is InChI=1S/C22H20FN3O2/c23-18-5-3-15(4-6-18)20-8-7-19(24)21(25-20)10-22(28)26-11-16-2-1-14(13-27)9-17(16)12-26/h1-9,27H,10-13,24H2. The molecule has 0 saturated carbocycles. The van der Waals surface area contributed by atoms with Crippen LogP contribution in [0.2, 0.25) is 0 Å². The number of nitrogen functional groups attached to an aromatic ring is 1. The first-order valence-corrected chi connectivity index (χ1v) is 9.04. The number of fused-ring (bicyclic) bond motifs is 1. The molecule has 0 spiro atoms. The van der Waals surface area contributed by atoms with Crippen molar-refractivity contribution in [2.24, 2.45) is 0 Å². The molecule has 0 radical (unpaired) electrons. The van der Waals surface area contributed by atoms with E-state index in [4.69, 9.17) is 5.73 Å². The van der Waals surface area contributed by atoms with Crippen molar-refractivity contribution in [3.05, 3.63) is 82.8 Å². The van der Waals surface area contributed by atoms with E-state index in [1.807, 2.05) is 18.2 Å². The van der Waals surface area contributed by atoms with Crippen LogP contribution in [0, 0.1) is 5.82 Å². The lowest BCUT2D eigenvalue weighted by molar-refractivity contribution is -0.131. The summed E-state index contributed by atoms with van der Waals surface area (Å²) in [5.74, 6) is -0.371.